The highest BCUT2D eigenvalue weighted by Crippen LogP contribution is 2.36. The maximum Gasteiger partial charge on any atom is 0.127 e. The first-order valence-electron chi connectivity index (χ1n) is 7.12. The van der Waals surface area contributed by atoms with Crippen molar-refractivity contribution in [3.05, 3.63) is 53.0 Å². The Balaban J connectivity index is 2.06. The Morgan fingerprint density at radius 2 is 2.20 bits per heavy atom. The van der Waals surface area contributed by atoms with E-state index in [0.29, 0.717) is 0 Å². The second-order valence-corrected chi connectivity index (χ2v) is 5.04. The molecule has 4 nitrogen and oxygen atoms in total. The fourth-order valence-electron chi connectivity index (χ4n) is 2.88. The monoisotopic (exact) mass is 272 g/mol. The van der Waals surface area contributed by atoms with Crippen molar-refractivity contribution in [2.24, 2.45) is 5.84 Å². The predicted molar refractivity (Wildman–Crippen MR) is 77.5 cm³/mol. The lowest BCUT2D eigenvalue weighted by molar-refractivity contribution is 0.283. The number of benzene rings is 1. The standard InChI is InChI=1S/C16H20N2O2/c1-2-14-12(8-10-19-14)15(18-17)13-7-3-5-11-6-4-9-20-16(11)13/h3,5,7-8,10,15,18H,2,4,6,9,17H2,1H3. The number of para-hydroxylation sites is 1. The van der Waals surface area contributed by atoms with Gasteiger partial charge in [0.15, 0.2) is 0 Å². The molecule has 4 heteroatoms. The molecular formula is C16H20N2O2. The first-order chi connectivity index (χ1) is 9.85. The summed E-state index contributed by atoms with van der Waals surface area (Å²) < 4.78 is 11.4. The van der Waals surface area contributed by atoms with Crippen molar-refractivity contribution in [3.63, 3.8) is 0 Å². The molecule has 0 spiro atoms. The van der Waals surface area contributed by atoms with Gasteiger partial charge in [-0.05, 0) is 24.5 Å². The van der Waals surface area contributed by atoms with Crippen molar-refractivity contribution in [2.45, 2.75) is 32.2 Å². The normalized spacial score (nSPS) is 15.5. The van der Waals surface area contributed by atoms with Gasteiger partial charge in [0.25, 0.3) is 0 Å². The molecule has 0 radical (unpaired) electrons. The smallest absolute Gasteiger partial charge is 0.127 e. The zero-order chi connectivity index (χ0) is 13.9. The number of hydrogen-bond acceptors (Lipinski definition) is 4. The van der Waals surface area contributed by atoms with Crippen LogP contribution in [0.5, 0.6) is 5.75 Å². The van der Waals surface area contributed by atoms with Crippen molar-refractivity contribution < 1.29 is 9.15 Å². The zero-order valence-corrected chi connectivity index (χ0v) is 11.7. The summed E-state index contributed by atoms with van der Waals surface area (Å²) >= 11 is 0. The molecule has 0 bridgehead atoms. The lowest BCUT2D eigenvalue weighted by Gasteiger charge is -2.25. The highest BCUT2D eigenvalue weighted by atomic mass is 16.5. The van der Waals surface area contributed by atoms with Crippen molar-refractivity contribution >= 4 is 0 Å². The van der Waals surface area contributed by atoms with Gasteiger partial charge >= 0.3 is 0 Å². The van der Waals surface area contributed by atoms with Crippen LogP contribution < -0.4 is 16.0 Å². The molecule has 0 saturated carbocycles. The lowest BCUT2D eigenvalue weighted by Crippen LogP contribution is -2.30. The molecule has 1 atom stereocenters. The van der Waals surface area contributed by atoms with Gasteiger partial charge in [0.05, 0.1) is 18.9 Å². The van der Waals surface area contributed by atoms with E-state index in [9.17, 15) is 0 Å². The molecule has 1 aromatic carbocycles. The summed E-state index contributed by atoms with van der Waals surface area (Å²) in [7, 11) is 0. The average Bonchev–Trinajstić information content (AvgIpc) is 2.97. The molecule has 0 aliphatic carbocycles. The second kappa shape index (κ2) is 5.69. The Hall–Kier alpha value is -1.78. The number of aryl methyl sites for hydroxylation is 2. The highest BCUT2D eigenvalue weighted by Gasteiger charge is 2.24. The zero-order valence-electron chi connectivity index (χ0n) is 11.7. The number of nitrogens with two attached hydrogens (primary N) is 1. The third-order valence-corrected chi connectivity index (χ3v) is 3.85. The molecule has 0 amide bonds. The first kappa shape index (κ1) is 13.2. The van der Waals surface area contributed by atoms with Gasteiger partial charge in [0, 0.05) is 17.5 Å². The summed E-state index contributed by atoms with van der Waals surface area (Å²) in [5.74, 6) is 7.74. The molecular weight excluding hydrogens is 252 g/mol. The van der Waals surface area contributed by atoms with Crippen molar-refractivity contribution in [1.29, 1.82) is 0 Å². The van der Waals surface area contributed by atoms with E-state index in [1.165, 1.54) is 5.56 Å². The summed E-state index contributed by atoms with van der Waals surface area (Å²) in [5.41, 5.74) is 6.33. The maximum absolute atomic E-state index is 5.88. The van der Waals surface area contributed by atoms with E-state index in [1.807, 2.05) is 6.07 Å². The minimum atomic E-state index is -0.100. The second-order valence-electron chi connectivity index (χ2n) is 5.04. The number of ether oxygens (including phenoxy) is 1. The minimum absolute atomic E-state index is 0.100. The van der Waals surface area contributed by atoms with Crippen LogP contribution in [0.25, 0.3) is 0 Å². The van der Waals surface area contributed by atoms with Crippen molar-refractivity contribution in [3.8, 4) is 5.75 Å². The molecule has 2 aromatic rings. The molecule has 1 aliphatic heterocycles. The fourth-order valence-corrected chi connectivity index (χ4v) is 2.88. The predicted octanol–water partition coefficient (Wildman–Crippen LogP) is 2.72. The van der Waals surface area contributed by atoms with Gasteiger partial charge < -0.3 is 9.15 Å². The Kier molecular flexibility index (Phi) is 3.76. The van der Waals surface area contributed by atoms with Gasteiger partial charge in [-0.1, -0.05) is 25.1 Å². The molecule has 3 rings (SSSR count). The third-order valence-electron chi connectivity index (χ3n) is 3.85. The molecule has 1 aromatic heterocycles. The molecule has 1 aliphatic rings. The van der Waals surface area contributed by atoms with Crippen LogP contribution in [0.1, 0.15) is 41.8 Å². The van der Waals surface area contributed by atoms with Crippen LogP contribution in [0.2, 0.25) is 0 Å². The Bertz CT molecular complexity index is 592. The van der Waals surface area contributed by atoms with E-state index < -0.39 is 0 Å². The van der Waals surface area contributed by atoms with Gasteiger partial charge in [0.1, 0.15) is 11.5 Å². The fraction of sp³-hybridized carbons (Fsp3) is 0.375. The topological polar surface area (TPSA) is 60.4 Å². The number of fused-ring (bicyclic) bond motifs is 1. The Morgan fingerprint density at radius 1 is 1.30 bits per heavy atom. The summed E-state index contributed by atoms with van der Waals surface area (Å²) in [4.78, 5) is 0. The summed E-state index contributed by atoms with van der Waals surface area (Å²) in [6.45, 7) is 2.85. The number of hydrogen-bond donors (Lipinski definition) is 2. The summed E-state index contributed by atoms with van der Waals surface area (Å²) in [6, 6.07) is 8.14. The van der Waals surface area contributed by atoms with Gasteiger partial charge in [-0.3, -0.25) is 5.84 Å². The van der Waals surface area contributed by atoms with Crippen LogP contribution in [0.15, 0.2) is 34.9 Å². The molecule has 106 valence electrons. The SMILES string of the molecule is CCc1occc1C(NN)c1cccc2c1OCCC2. The Labute approximate surface area is 118 Å². The molecule has 0 saturated heterocycles. The Morgan fingerprint density at radius 3 is 3.00 bits per heavy atom. The highest BCUT2D eigenvalue weighted by molar-refractivity contribution is 5.48. The lowest BCUT2D eigenvalue weighted by atomic mass is 9.94. The minimum Gasteiger partial charge on any atom is -0.493 e. The quantitative estimate of drug-likeness (QED) is 0.663. The van der Waals surface area contributed by atoms with Gasteiger partial charge in [0.2, 0.25) is 0 Å². The van der Waals surface area contributed by atoms with Crippen LogP contribution in [0.4, 0.5) is 0 Å². The number of nitrogens with one attached hydrogen (secondary N) is 1. The third kappa shape index (κ3) is 2.21. The average molecular weight is 272 g/mol. The van der Waals surface area contributed by atoms with Gasteiger partial charge in [-0.25, -0.2) is 5.43 Å². The number of rotatable bonds is 4. The summed E-state index contributed by atoms with van der Waals surface area (Å²) in [5, 5.41) is 0. The van der Waals surface area contributed by atoms with E-state index in [2.05, 4.69) is 30.5 Å². The molecule has 3 N–H and O–H groups in total. The maximum atomic E-state index is 5.88. The van der Waals surface area contributed by atoms with Crippen LogP contribution in [0.3, 0.4) is 0 Å². The molecule has 0 fully saturated rings. The van der Waals surface area contributed by atoms with Crippen molar-refractivity contribution in [1.82, 2.24) is 5.43 Å². The molecule has 20 heavy (non-hydrogen) atoms. The van der Waals surface area contributed by atoms with Crippen molar-refractivity contribution in [2.75, 3.05) is 6.61 Å². The number of furan rings is 1. The first-order valence-corrected chi connectivity index (χ1v) is 7.12. The summed E-state index contributed by atoms with van der Waals surface area (Å²) in [6.07, 6.45) is 4.70. The molecule has 1 unspecified atom stereocenters. The van der Waals surface area contributed by atoms with Crippen LogP contribution >= 0.6 is 0 Å². The van der Waals surface area contributed by atoms with E-state index in [0.717, 1.165) is 48.5 Å². The van der Waals surface area contributed by atoms with Gasteiger partial charge in [-0.2, -0.15) is 0 Å². The number of hydrazine groups is 1. The van der Waals surface area contributed by atoms with Crippen LogP contribution in [0, 0.1) is 0 Å². The van der Waals surface area contributed by atoms with Crippen LogP contribution in [-0.2, 0) is 12.8 Å². The van der Waals surface area contributed by atoms with Gasteiger partial charge in [-0.15, -0.1) is 0 Å². The van der Waals surface area contributed by atoms with Crippen LogP contribution in [-0.4, -0.2) is 6.61 Å². The van der Waals surface area contributed by atoms with E-state index >= 15 is 0 Å². The van der Waals surface area contributed by atoms with E-state index in [1.54, 1.807) is 6.26 Å². The van der Waals surface area contributed by atoms with E-state index in [4.69, 9.17) is 15.0 Å². The largest absolute Gasteiger partial charge is 0.493 e. The van der Waals surface area contributed by atoms with E-state index in [-0.39, 0.29) is 6.04 Å². The molecule has 2 heterocycles.